The quantitative estimate of drug-likeness (QED) is 0.812. The Labute approximate surface area is 124 Å². The van der Waals surface area contributed by atoms with Gasteiger partial charge < -0.3 is 14.9 Å². The van der Waals surface area contributed by atoms with Gasteiger partial charge >= 0.3 is 0 Å². The normalized spacial score (nSPS) is 12.2. The zero-order valence-corrected chi connectivity index (χ0v) is 11.9. The second-order valence-corrected chi connectivity index (χ2v) is 4.64. The van der Waals surface area contributed by atoms with E-state index in [9.17, 15) is 10.2 Å². The van der Waals surface area contributed by atoms with Crippen molar-refractivity contribution >= 4 is 6.08 Å². The maximum atomic E-state index is 9.63. The third kappa shape index (κ3) is 3.66. The van der Waals surface area contributed by atoms with E-state index in [1.807, 2.05) is 36.4 Å². The number of benzene rings is 2. The molecule has 2 rings (SSSR count). The molecule has 0 heterocycles. The van der Waals surface area contributed by atoms with Crippen molar-refractivity contribution in [2.45, 2.75) is 5.92 Å². The molecule has 3 heteroatoms. The van der Waals surface area contributed by atoms with Gasteiger partial charge in [0.15, 0.2) is 11.5 Å². The zero-order chi connectivity index (χ0) is 15.2. The van der Waals surface area contributed by atoms with Crippen LogP contribution < -0.4 is 4.74 Å². The summed E-state index contributed by atoms with van der Waals surface area (Å²) in [5, 5.41) is 18.9. The molecule has 0 aliphatic rings. The fraction of sp³-hybridized carbons (Fsp3) is 0.111. The average Bonchev–Trinajstić information content (AvgIpc) is 2.51. The summed E-state index contributed by atoms with van der Waals surface area (Å²) in [7, 11) is 1.52. The van der Waals surface area contributed by atoms with Crippen molar-refractivity contribution in [3.05, 3.63) is 72.3 Å². The van der Waals surface area contributed by atoms with Gasteiger partial charge in [0.05, 0.1) is 7.11 Å². The van der Waals surface area contributed by atoms with Gasteiger partial charge in [-0.2, -0.15) is 0 Å². The highest BCUT2D eigenvalue weighted by Gasteiger charge is 2.08. The van der Waals surface area contributed by atoms with Crippen LogP contribution in [0.4, 0.5) is 0 Å². The first-order chi connectivity index (χ1) is 10.1. The molecule has 0 fully saturated rings. The molecule has 1 atom stereocenters. The fourth-order valence-electron chi connectivity index (χ4n) is 2.03. The molecule has 0 aromatic heterocycles. The van der Waals surface area contributed by atoms with E-state index in [1.165, 1.54) is 7.11 Å². The predicted molar refractivity (Wildman–Crippen MR) is 84.7 cm³/mol. The van der Waals surface area contributed by atoms with Crippen LogP contribution in [0, 0.1) is 0 Å². The Balaban J connectivity index is 2.23. The van der Waals surface area contributed by atoms with Gasteiger partial charge in [-0.1, -0.05) is 36.4 Å². The monoisotopic (exact) mass is 282 g/mol. The molecule has 0 spiro atoms. The maximum Gasteiger partial charge on any atom is 0.160 e. The van der Waals surface area contributed by atoms with Crippen molar-refractivity contribution in [2.24, 2.45) is 0 Å². The molecular formula is C18H18O3. The topological polar surface area (TPSA) is 49.7 Å². The summed E-state index contributed by atoms with van der Waals surface area (Å²) in [6, 6.07) is 12.2. The molecule has 0 radical (unpaired) electrons. The molecular weight excluding hydrogens is 264 g/mol. The van der Waals surface area contributed by atoms with Crippen molar-refractivity contribution in [3.8, 4) is 17.2 Å². The summed E-state index contributed by atoms with van der Waals surface area (Å²) >= 11 is 0. The SMILES string of the molecule is C=C[C@H](/C=C\c1ccc(O)cc1)c1ccc(O)c(OC)c1. The highest BCUT2D eigenvalue weighted by molar-refractivity contribution is 5.53. The lowest BCUT2D eigenvalue weighted by Gasteiger charge is -2.11. The minimum Gasteiger partial charge on any atom is -0.508 e. The van der Waals surface area contributed by atoms with Gasteiger partial charge in [-0.3, -0.25) is 0 Å². The van der Waals surface area contributed by atoms with E-state index >= 15 is 0 Å². The standard InChI is InChI=1S/C18H18O3/c1-3-14(7-4-13-5-9-16(19)10-6-13)15-8-11-17(20)18(12-15)21-2/h3-12,14,19-20H,1H2,2H3/b7-4-/t14-/m1/s1. The van der Waals surface area contributed by atoms with Gasteiger partial charge in [0.2, 0.25) is 0 Å². The summed E-state index contributed by atoms with van der Waals surface area (Å²) in [6.07, 6.45) is 5.79. The van der Waals surface area contributed by atoms with Crippen LogP contribution in [0.5, 0.6) is 17.2 Å². The summed E-state index contributed by atoms with van der Waals surface area (Å²) in [4.78, 5) is 0. The summed E-state index contributed by atoms with van der Waals surface area (Å²) in [5.74, 6) is 0.813. The number of allylic oxidation sites excluding steroid dienone is 2. The number of hydrogen-bond acceptors (Lipinski definition) is 3. The first kappa shape index (κ1) is 14.7. The molecule has 0 aliphatic heterocycles. The van der Waals surface area contributed by atoms with Crippen LogP contribution in [0.15, 0.2) is 61.2 Å². The van der Waals surface area contributed by atoms with Gasteiger partial charge in [0.1, 0.15) is 5.75 Å². The predicted octanol–water partition coefficient (Wildman–Crippen LogP) is 4.09. The highest BCUT2D eigenvalue weighted by Crippen LogP contribution is 2.30. The number of aromatic hydroxyl groups is 2. The molecule has 0 amide bonds. The van der Waals surface area contributed by atoms with E-state index in [2.05, 4.69) is 6.58 Å². The smallest absolute Gasteiger partial charge is 0.160 e. The highest BCUT2D eigenvalue weighted by atomic mass is 16.5. The van der Waals surface area contributed by atoms with Gasteiger partial charge in [0, 0.05) is 5.92 Å². The van der Waals surface area contributed by atoms with E-state index in [-0.39, 0.29) is 17.4 Å². The van der Waals surface area contributed by atoms with Gasteiger partial charge in [0.25, 0.3) is 0 Å². The molecule has 21 heavy (non-hydrogen) atoms. The van der Waals surface area contributed by atoms with E-state index in [0.717, 1.165) is 11.1 Å². The number of phenols is 2. The molecule has 0 bridgehead atoms. The first-order valence-electron chi connectivity index (χ1n) is 6.60. The molecule has 3 nitrogen and oxygen atoms in total. The lowest BCUT2D eigenvalue weighted by molar-refractivity contribution is 0.373. The van der Waals surface area contributed by atoms with Crippen LogP contribution >= 0.6 is 0 Å². The summed E-state index contributed by atoms with van der Waals surface area (Å²) in [5.41, 5.74) is 1.97. The van der Waals surface area contributed by atoms with Crippen LogP contribution in [0.3, 0.4) is 0 Å². The van der Waals surface area contributed by atoms with Crippen LogP contribution in [-0.4, -0.2) is 17.3 Å². The molecule has 108 valence electrons. The van der Waals surface area contributed by atoms with E-state index < -0.39 is 0 Å². The maximum absolute atomic E-state index is 9.63. The Kier molecular flexibility index (Phi) is 4.67. The summed E-state index contributed by atoms with van der Waals surface area (Å²) < 4.78 is 5.12. The second kappa shape index (κ2) is 6.66. The zero-order valence-electron chi connectivity index (χ0n) is 11.9. The number of rotatable bonds is 5. The lowest BCUT2D eigenvalue weighted by Crippen LogP contribution is -1.92. The van der Waals surface area contributed by atoms with Crippen LogP contribution in [-0.2, 0) is 0 Å². The number of ether oxygens (including phenoxy) is 1. The minimum absolute atomic E-state index is 0.00769. The molecule has 2 aromatic carbocycles. The Bertz CT molecular complexity index is 642. The third-order valence-electron chi connectivity index (χ3n) is 3.23. The van der Waals surface area contributed by atoms with Crippen LogP contribution in [0.25, 0.3) is 6.08 Å². The minimum atomic E-state index is 0.00769. The third-order valence-corrected chi connectivity index (χ3v) is 3.23. The number of hydrogen-bond donors (Lipinski definition) is 2. The molecule has 2 N–H and O–H groups in total. The Morgan fingerprint density at radius 2 is 1.81 bits per heavy atom. The molecule has 2 aromatic rings. The molecule has 0 aliphatic carbocycles. The van der Waals surface area contributed by atoms with Gasteiger partial charge in [-0.25, -0.2) is 0 Å². The van der Waals surface area contributed by atoms with Crippen molar-refractivity contribution in [1.29, 1.82) is 0 Å². The average molecular weight is 282 g/mol. The Morgan fingerprint density at radius 1 is 1.10 bits per heavy atom. The summed E-state index contributed by atoms with van der Waals surface area (Å²) in [6.45, 7) is 3.85. The van der Waals surface area contributed by atoms with Crippen LogP contribution in [0.1, 0.15) is 17.0 Å². The fourth-order valence-corrected chi connectivity index (χ4v) is 2.03. The van der Waals surface area contributed by atoms with E-state index in [1.54, 1.807) is 24.3 Å². The largest absolute Gasteiger partial charge is 0.508 e. The van der Waals surface area contributed by atoms with Gasteiger partial charge in [-0.15, -0.1) is 6.58 Å². The number of methoxy groups -OCH3 is 1. The van der Waals surface area contributed by atoms with Crippen molar-refractivity contribution < 1.29 is 14.9 Å². The Morgan fingerprint density at radius 3 is 2.43 bits per heavy atom. The van der Waals surface area contributed by atoms with Crippen LogP contribution in [0.2, 0.25) is 0 Å². The Hall–Kier alpha value is -2.68. The van der Waals surface area contributed by atoms with Crippen molar-refractivity contribution in [2.75, 3.05) is 7.11 Å². The first-order valence-corrected chi connectivity index (χ1v) is 6.60. The molecule has 0 saturated heterocycles. The molecule has 0 unspecified atom stereocenters. The van der Waals surface area contributed by atoms with Crippen molar-refractivity contribution in [3.63, 3.8) is 0 Å². The number of phenolic OH excluding ortho intramolecular Hbond substituents is 2. The van der Waals surface area contributed by atoms with E-state index in [4.69, 9.17) is 4.74 Å². The lowest BCUT2D eigenvalue weighted by atomic mass is 9.97. The van der Waals surface area contributed by atoms with E-state index in [0.29, 0.717) is 5.75 Å². The van der Waals surface area contributed by atoms with Gasteiger partial charge in [-0.05, 0) is 35.4 Å². The second-order valence-electron chi connectivity index (χ2n) is 4.64. The molecule has 0 saturated carbocycles. The van der Waals surface area contributed by atoms with Crippen molar-refractivity contribution in [1.82, 2.24) is 0 Å².